The summed E-state index contributed by atoms with van der Waals surface area (Å²) in [6.45, 7) is 0. The van der Waals surface area contributed by atoms with Gasteiger partial charge in [-0.15, -0.1) is 13.2 Å². The second-order valence-corrected chi connectivity index (χ2v) is 7.16. The smallest absolute Gasteiger partial charge is 0.493 e. The Bertz CT molecular complexity index is 1360. The summed E-state index contributed by atoms with van der Waals surface area (Å²) < 4.78 is 111. The van der Waals surface area contributed by atoms with E-state index in [1.54, 1.807) is 0 Å². The number of carbonyl (C=O) groups excluding carboxylic acids is 2. The highest BCUT2D eigenvalue weighted by molar-refractivity contribution is 6.06. The van der Waals surface area contributed by atoms with Crippen molar-refractivity contribution in [1.29, 1.82) is 0 Å². The first-order valence-corrected chi connectivity index (χ1v) is 10.1. The van der Waals surface area contributed by atoms with Crippen LogP contribution in [0.25, 0.3) is 0 Å². The van der Waals surface area contributed by atoms with Gasteiger partial charge in [0.05, 0.1) is 25.3 Å². The molecule has 3 rings (SSSR count). The van der Waals surface area contributed by atoms with E-state index in [-0.39, 0.29) is 23.5 Å². The Labute approximate surface area is 208 Å². The predicted octanol–water partition coefficient (Wildman–Crippen LogP) is 5.98. The number of hydrogen-bond acceptors (Lipinski definition) is 7. The number of hydrogen-bond donors (Lipinski definition) is 1. The van der Waals surface area contributed by atoms with E-state index in [4.69, 9.17) is 9.47 Å². The van der Waals surface area contributed by atoms with Gasteiger partial charge in [0.2, 0.25) is 0 Å². The zero-order valence-corrected chi connectivity index (χ0v) is 19.2. The van der Waals surface area contributed by atoms with Gasteiger partial charge >= 0.3 is 18.5 Å². The Hall–Kier alpha value is -4.56. The van der Waals surface area contributed by atoms with Gasteiger partial charge in [0.15, 0.2) is 11.5 Å². The highest BCUT2D eigenvalue weighted by Crippen LogP contribution is 2.40. The van der Waals surface area contributed by atoms with E-state index in [0.29, 0.717) is 0 Å². The van der Waals surface area contributed by atoms with Crippen molar-refractivity contribution < 1.29 is 59.3 Å². The van der Waals surface area contributed by atoms with Crippen LogP contribution in [-0.2, 0) is 10.9 Å². The summed E-state index contributed by atoms with van der Waals surface area (Å²) in [7, 11) is 2.11. The number of alkyl halides is 6. The summed E-state index contributed by atoms with van der Waals surface area (Å²) in [5.74, 6) is -6.20. The quantitative estimate of drug-likeness (QED) is 0.287. The zero-order valence-electron chi connectivity index (χ0n) is 19.2. The summed E-state index contributed by atoms with van der Waals surface area (Å²) in [5, 5.41) is 2.26. The summed E-state index contributed by atoms with van der Waals surface area (Å²) in [6, 6.07) is 5.19. The molecule has 0 aliphatic heterocycles. The van der Waals surface area contributed by atoms with Gasteiger partial charge in [-0.1, -0.05) is 0 Å². The molecule has 0 atom stereocenters. The number of rotatable bonds is 7. The number of nitrogens with zero attached hydrogens (tertiary/aromatic N) is 1. The van der Waals surface area contributed by atoms with E-state index < -0.39 is 64.4 Å². The summed E-state index contributed by atoms with van der Waals surface area (Å²) >= 11 is 0. The monoisotopic (exact) mass is 548 g/mol. The van der Waals surface area contributed by atoms with E-state index in [1.807, 2.05) is 0 Å². The molecule has 1 heterocycles. The van der Waals surface area contributed by atoms with Crippen molar-refractivity contribution in [3.63, 3.8) is 0 Å². The molecule has 38 heavy (non-hydrogen) atoms. The fourth-order valence-electron chi connectivity index (χ4n) is 3.00. The first kappa shape index (κ1) is 28.0. The lowest BCUT2D eigenvalue weighted by molar-refractivity contribution is -0.274. The van der Waals surface area contributed by atoms with Crippen LogP contribution in [0.3, 0.4) is 0 Å². The number of halogens is 7. The third-order valence-electron chi connectivity index (χ3n) is 4.62. The molecular formula is C23H15F7N2O6. The van der Waals surface area contributed by atoms with Crippen molar-refractivity contribution in [1.82, 2.24) is 4.98 Å². The molecule has 0 aliphatic rings. The van der Waals surface area contributed by atoms with E-state index >= 15 is 0 Å². The van der Waals surface area contributed by atoms with Crippen LogP contribution >= 0.6 is 0 Å². The Balaban J connectivity index is 2.04. The van der Waals surface area contributed by atoms with Gasteiger partial charge in [-0.25, -0.2) is 14.2 Å². The summed E-state index contributed by atoms with van der Waals surface area (Å²) in [4.78, 5) is 28.3. The van der Waals surface area contributed by atoms with Crippen molar-refractivity contribution >= 4 is 17.6 Å². The molecule has 8 nitrogen and oxygen atoms in total. The number of ether oxygens (including phenoxy) is 4. The second kappa shape index (κ2) is 10.8. The number of benzene rings is 2. The maximum Gasteiger partial charge on any atom is 0.573 e. The number of pyridine rings is 1. The molecule has 0 radical (unpaired) electrons. The van der Waals surface area contributed by atoms with Gasteiger partial charge in [0.25, 0.3) is 5.91 Å². The fraction of sp³-hybridized carbons (Fsp3) is 0.174. The molecule has 1 aromatic heterocycles. The van der Waals surface area contributed by atoms with Crippen molar-refractivity contribution in [2.75, 3.05) is 19.5 Å². The average molecular weight is 548 g/mol. The molecule has 202 valence electrons. The summed E-state index contributed by atoms with van der Waals surface area (Å²) in [6.07, 6.45) is -9.11. The number of methoxy groups -OCH3 is 2. The van der Waals surface area contributed by atoms with Crippen LogP contribution in [0, 0.1) is 5.82 Å². The second-order valence-electron chi connectivity index (χ2n) is 7.16. The minimum Gasteiger partial charge on any atom is -0.493 e. The minimum atomic E-state index is -5.19. The molecule has 0 bridgehead atoms. The average Bonchev–Trinajstić information content (AvgIpc) is 2.83. The van der Waals surface area contributed by atoms with Crippen LogP contribution < -0.4 is 19.5 Å². The van der Waals surface area contributed by atoms with Gasteiger partial charge < -0.3 is 24.3 Å². The lowest BCUT2D eigenvalue weighted by Gasteiger charge is -2.17. The van der Waals surface area contributed by atoms with E-state index in [0.717, 1.165) is 44.7 Å². The molecule has 0 aliphatic carbocycles. The number of aromatic nitrogens is 1. The first-order valence-electron chi connectivity index (χ1n) is 10.1. The zero-order chi connectivity index (χ0) is 28.3. The van der Waals surface area contributed by atoms with Gasteiger partial charge in [-0.2, -0.15) is 13.2 Å². The highest BCUT2D eigenvalue weighted by Gasteiger charge is 2.36. The first-order chi connectivity index (χ1) is 17.7. The lowest BCUT2D eigenvalue weighted by Crippen LogP contribution is -2.17. The molecule has 1 amide bonds. The fourth-order valence-corrected chi connectivity index (χ4v) is 3.00. The summed E-state index contributed by atoms with van der Waals surface area (Å²) in [5.41, 5.74) is -2.78. The standard InChI is InChI=1S/C23H15F7N2O6/c1-35-19-8-12(38-23(28,29)30)3-4-17(19)37-18-10-14(22(25,26)27)15(24)9-13(18)20(33)32-11-5-6-31-16(7-11)21(34)36-2/h3-10H,1-2H3,(H,31,32,33). The third-order valence-corrected chi connectivity index (χ3v) is 4.62. The minimum absolute atomic E-state index is 0.0529. The molecule has 0 spiro atoms. The van der Waals surface area contributed by atoms with Crippen LogP contribution in [0.5, 0.6) is 23.0 Å². The number of nitrogens with one attached hydrogen (secondary N) is 1. The van der Waals surface area contributed by atoms with E-state index in [9.17, 15) is 40.3 Å². The Morgan fingerprint density at radius 3 is 2.21 bits per heavy atom. The van der Waals surface area contributed by atoms with Crippen molar-refractivity contribution in [2.45, 2.75) is 12.5 Å². The van der Waals surface area contributed by atoms with Gasteiger partial charge in [0.1, 0.15) is 23.0 Å². The van der Waals surface area contributed by atoms with Crippen molar-refractivity contribution in [2.24, 2.45) is 0 Å². The lowest BCUT2D eigenvalue weighted by atomic mass is 10.1. The maximum absolute atomic E-state index is 14.4. The van der Waals surface area contributed by atoms with Crippen LogP contribution in [0.4, 0.5) is 36.4 Å². The third kappa shape index (κ3) is 6.80. The largest absolute Gasteiger partial charge is 0.573 e. The molecule has 0 saturated heterocycles. The molecule has 2 aromatic carbocycles. The van der Waals surface area contributed by atoms with Crippen LogP contribution in [0.1, 0.15) is 26.4 Å². The van der Waals surface area contributed by atoms with Gasteiger partial charge in [0, 0.05) is 18.0 Å². The predicted molar refractivity (Wildman–Crippen MR) is 115 cm³/mol. The highest BCUT2D eigenvalue weighted by atomic mass is 19.4. The number of anilines is 1. The van der Waals surface area contributed by atoms with E-state index in [2.05, 4.69) is 19.8 Å². The van der Waals surface area contributed by atoms with Gasteiger partial charge in [-0.3, -0.25) is 4.79 Å². The maximum atomic E-state index is 14.4. The molecular weight excluding hydrogens is 533 g/mol. The molecule has 15 heteroatoms. The number of amides is 1. The van der Waals surface area contributed by atoms with Crippen LogP contribution in [-0.4, -0.2) is 37.4 Å². The molecule has 0 fully saturated rings. The van der Waals surface area contributed by atoms with E-state index in [1.165, 1.54) is 6.07 Å². The van der Waals surface area contributed by atoms with Crippen molar-refractivity contribution in [3.8, 4) is 23.0 Å². The molecule has 1 N–H and O–H groups in total. The number of carbonyl (C=O) groups is 2. The number of esters is 1. The van der Waals surface area contributed by atoms with Crippen LogP contribution in [0.15, 0.2) is 48.7 Å². The SMILES string of the molecule is COC(=O)c1cc(NC(=O)c2cc(F)c(C(F)(F)F)cc2Oc2ccc(OC(F)(F)F)cc2OC)ccn1. The Morgan fingerprint density at radius 2 is 1.61 bits per heavy atom. The van der Waals surface area contributed by atoms with Crippen molar-refractivity contribution in [3.05, 3.63) is 71.3 Å². The Kier molecular flexibility index (Phi) is 7.98. The van der Waals surface area contributed by atoms with Gasteiger partial charge in [-0.05, 0) is 36.4 Å². The topological polar surface area (TPSA) is 96.0 Å². The Morgan fingerprint density at radius 1 is 0.895 bits per heavy atom. The normalized spacial score (nSPS) is 11.5. The van der Waals surface area contributed by atoms with Crippen LogP contribution in [0.2, 0.25) is 0 Å². The molecule has 3 aromatic rings. The molecule has 0 unspecified atom stereocenters. The molecule has 0 saturated carbocycles.